The zero-order chi connectivity index (χ0) is 18.7. The lowest BCUT2D eigenvalue weighted by Crippen LogP contribution is -2.45. The van der Waals surface area contributed by atoms with Crippen LogP contribution in [0.3, 0.4) is 0 Å². The van der Waals surface area contributed by atoms with Crippen molar-refractivity contribution in [2.75, 3.05) is 13.2 Å². The monoisotopic (exact) mass is 358 g/mol. The van der Waals surface area contributed by atoms with Gasteiger partial charge in [0.1, 0.15) is 5.75 Å². The molecule has 26 heavy (non-hydrogen) atoms. The quantitative estimate of drug-likeness (QED) is 0.465. The zero-order valence-electron chi connectivity index (χ0n) is 14.5. The van der Waals surface area contributed by atoms with E-state index in [1.54, 1.807) is 18.2 Å². The number of amides is 2. The van der Waals surface area contributed by atoms with Gasteiger partial charge >= 0.3 is 0 Å². The second-order valence-electron chi connectivity index (χ2n) is 6.66. The largest absolute Gasteiger partial charge is 0.493 e. The Hall–Kier alpha value is -2.54. The zero-order valence-corrected chi connectivity index (χ0v) is 14.5. The van der Waals surface area contributed by atoms with Crippen LogP contribution in [0.25, 0.3) is 0 Å². The number of carbonyl (C=O) groups is 4. The van der Waals surface area contributed by atoms with E-state index in [2.05, 4.69) is 5.32 Å². The van der Waals surface area contributed by atoms with E-state index in [-0.39, 0.29) is 35.9 Å². The first-order chi connectivity index (χ1) is 12.5. The summed E-state index contributed by atoms with van der Waals surface area (Å²) in [5, 5.41) is 2.30. The Labute approximate surface area is 151 Å². The van der Waals surface area contributed by atoms with Crippen molar-refractivity contribution in [2.24, 2.45) is 17.6 Å². The molecule has 7 nitrogen and oxygen atoms in total. The fraction of sp³-hybridized carbons (Fsp3) is 0.474. The molecule has 0 spiro atoms. The number of Topliss-reactive ketones (excluding diaryl/α,β-unsaturated/α-hetero) is 2. The van der Waals surface area contributed by atoms with Crippen LogP contribution < -0.4 is 15.8 Å². The number of nitrogens with one attached hydrogen (secondary N) is 1. The molecule has 0 radical (unpaired) electrons. The number of carbonyl (C=O) groups excluding carboxylic acids is 4. The van der Waals surface area contributed by atoms with Crippen molar-refractivity contribution in [3.05, 3.63) is 29.3 Å². The van der Waals surface area contributed by atoms with Crippen molar-refractivity contribution >= 4 is 23.4 Å². The minimum atomic E-state index is -0.632. The highest BCUT2D eigenvalue weighted by molar-refractivity contribution is 6.14. The number of benzene rings is 1. The van der Waals surface area contributed by atoms with Crippen LogP contribution in [0.4, 0.5) is 0 Å². The minimum Gasteiger partial charge on any atom is -0.493 e. The summed E-state index contributed by atoms with van der Waals surface area (Å²) in [5.74, 6) is -2.03. The van der Waals surface area contributed by atoms with Crippen molar-refractivity contribution < 1.29 is 23.9 Å². The van der Waals surface area contributed by atoms with Crippen LogP contribution in [-0.2, 0) is 9.59 Å². The second-order valence-corrected chi connectivity index (χ2v) is 6.66. The molecule has 0 saturated carbocycles. The number of imide groups is 1. The van der Waals surface area contributed by atoms with Gasteiger partial charge in [-0.3, -0.25) is 24.5 Å². The number of hydrogen-bond donors (Lipinski definition) is 2. The van der Waals surface area contributed by atoms with Gasteiger partial charge in [-0.2, -0.15) is 0 Å². The molecule has 2 unspecified atom stereocenters. The molecule has 1 fully saturated rings. The van der Waals surface area contributed by atoms with Gasteiger partial charge < -0.3 is 10.5 Å². The van der Waals surface area contributed by atoms with Crippen LogP contribution in [0.1, 0.15) is 52.8 Å². The highest BCUT2D eigenvalue weighted by Crippen LogP contribution is 2.36. The summed E-state index contributed by atoms with van der Waals surface area (Å²) < 4.78 is 5.69. The van der Waals surface area contributed by atoms with Crippen LogP contribution in [0.2, 0.25) is 0 Å². The predicted octanol–water partition coefficient (Wildman–Crippen LogP) is 1.24. The molecule has 1 heterocycles. The average molecular weight is 358 g/mol. The third-order valence-corrected chi connectivity index (χ3v) is 4.97. The molecule has 2 atom stereocenters. The Balaban J connectivity index is 1.94. The smallest absolute Gasteiger partial charge is 0.230 e. The van der Waals surface area contributed by atoms with Crippen molar-refractivity contribution in [2.45, 2.75) is 32.1 Å². The molecule has 1 aliphatic carbocycles. The Morgan fingerprint density at radius 3 is 2.58 bits per heavy atom. The van der Waals surface area contributed by atoms with E-state index in [1.807, 2.05) is 0 Å². The molecule has 2 aliphatic rings. The number of fused-ring (bicyclic) bond motifs is 1. The fourth-order valence-corrected chi connectivity index (χ4v) is 3.62. The molecule has 7 heteroatoms. The van der Waals surface area contributed by atoms with Crippen LogP contribution >= 0.6 is 0 Å². The molecule has 1 aromatic carbocycles. The summed E-state index contributed by atoms with van der Waals surface area (Å²) in [6.45, 7) is 0.804. The van der Waals surface area contributed by atoms with Gasteiger partial charge in [0.2, 0.25) is 11.8 Å². The first-order valence-electron chi connectivity index (χ1n) is 8.90. The molecule has 3 N–H and O–H groups in total. The molecule has 1 aromatic rings. The molecule has 2 amide bonds. The Morgan fingerprint density at radius 1 is 1.08 bits per heavy atom. The van der Waals surface area contributed by atoms with Crippen molar-refractivity contribution in [3.8, 4) is 5.75 Å². The first kappa shape index (κ1) is 18.3. The van der Waals surface area contributed by atoms with E-state index >= 15 is 0 Å². The van der Waals surface area contributed by atoms with Gasteiger partial charge in [-0.25, -0.2) is 0 Å². The van der Waals surface area contributed by atoms with Gasteiger partial charge in [-0.15, -0.1) is 0 Å². The van der Waals surface area contributed by atoms with Gasteiger partial charge in [-0.1, -0.05) is 12.1 Å². The number of nitrogens with two attached hydrogens (primary N) is 1. The molecular weight excluding hydrogens is 336 g/mol. The summed E-state index contributed by atoms with van der Waals surface area (Å²) in [7, 11) is 0. The van der Waals surface area contributed by atoms with Crippen LogP contribution in [0.5, 0.6) is 5.75 Å². The highest BCUT2D eigenvalue weighted by atomic mass is 16.5. The van der Waals surface area contributed by atoms with E-state index < -0.39 is 17.7 Å². The van der Waals surface area contributed by atoms with Crippen LogP contribution in [0, 0.1) is 11.8 Å². The first-order valence-corrected chi connectivity index (χ1v) is 8.90. The standard InChI is InChI=1S/C19H22N2O5/c20-9-2-10-26-15-4-1-3-13-14(22)7-5-11(18(24)17(13)15)12-6-8-16(23)21-19(12)25/h1,3-4,11-12H,2,5-10,20H2,(H,21,23,25). The lowest BCUT2D eigenvalue weighted by molar-refractivity contribution is -0.137. The van der Waals surface area contributed by atoms with Crippen molar-refractivity contribution in [1.82, 2.24) is 5.32 Å². The maximum Gasteiger partial charge on any atom is 0.230 e. The number of rotatable bonds is 5. The lowest BCUT2D eigenvalue weighted by Gasteiger charge is -2.27. The molecule has 1 saturated heterocycles. The predicted molar refractivity (Wildman–Crippen MR) is 92.9 cm³/mol. The summed E-state index contributed by atoms with van der Waals surface area (Å²) in [5.41, 5.74) is 6.07. The molecule has 138 valence electrons. The minimum absolute atomic E-state index is 0.132. The van der Waals surface area contributed by atoms with E-state index in [1.165, 1.54) is 0 Å². The molecule has 1 aliphatic heterocycles. The van der Waals surface area contributed by atoms with E-state index in [0.29, 0.717) is 43.7 Å². The van der Waals surface area contributed by atoms with Crippen LogP contribution in [-0.4, -0.2) is 36.5 Å². The third-order valence-electron chi connectivity index (χ3n) is 4.97. The second kappa shape index (κ2) is 7.78. The van der Waals surface area contributed by atoms with E-state index in [4.69, 9.17) is 10.5 Å². The summed E-state index contributed by atoms with van der Waals surface area (Å²) in [4.78, 5) is 49.4. The summed E-state index contributed by atoms with van der Waals surface area (Å²) in [6, 6.07) is 4.97. The Kier molecular flexibility index (Phi) is 5.46. The normalized spacial score (nSPS) is 23.3. The molecule has 3 rings (SSSR count). The average Bonchev–Trinajstić information content (AvgIpc) is 2.74. The number of ether oxygens (including phenoxy) is 1. The van der Waals surface area contributed by atoms with Crippen molar-refractivity contribution in [3.63, 3.8) is 0 Å². The van der Waals surface area contributed by atoms with Gasteiger partial charge in [0, 0.05) is 30.2 Å². The third kappa shape index (κ3) is 3.53. The van der Waals surface area contributed by atoms with Gasteiger partial charge in [0.05, 0.1) is 12.2 Å². The maximum atomic E-state index is 13.2. The number of piperidine rings is 1. The number of hydrogen-bond acceptors (Lipinski definition) is 6. The Morgan fingerprint density at radius 2 is 1.85 bits per heavy atom. The topological polar surface area (TPSA) is 116 Å². The number of ketones is 2. The van der Waals surface area contributed by atoms with Gasteiger partial charge in [0.15, 0.2) is 11.6 Å². The summed E-state index contributed by atoms with van der Waals surface area (Å²) in [6.07, 6.45) is 1.63. The van der Waals surface area contributed by atoms with Gasteiger partial charge in [0.25, 0.3) is 0 Å². The van der Waals surface area contributed by atoms with Crippen molar-refractivity contribution in [1.29, 1.82) is 0 Å². The van der Waals surface area contributed by atoms with Gasteiger partial charge in [-0.05, 0) is 31.9 Å². The maximum absolute atomic E-state index is 13.2. The SMILES string of the molecule is NCCCOc1cccc2c1C(=O)C(C1CCC(=O)NC1=O)CCC2=O. The van der Waals surface area contributed by atoms with E-state index in [0.717, 1.165) is 0 Å². The lowest BCUT2D eigenvalue weighted by atomic mass is 9.79. The highest BCUT2D eigenvalue weighted by Gasteiger charge is 2.41. The van der Waals surface area contributed by atoms with Crippen LogP contribution in [0.15, 0.2) is 18.2 Å². The fourth-order valence-electron chi connectivity index (χ4n) is 3.62. The molecule has 0 aromatic heterocycles. The Bertz CT molecular complexity index is 758. The molecular formula is C19H22N2O5. The molecule has 0 bridgehead atoms. The van der Waals surface area contributed by atoms with E-state index in [9.17, 15) is 19.2 Å². The summed E-state index contributed by atoms with van der Waals surface area (Å²) >= 11 is 0.